The zero-order valence-corrected chi connectivity index (χ0v) is 18.8. The molecule has 164 valence electrons. The minimum atomic E-state index is 0.298. The number of para-hydroxylation sites is 1. The molecule has 0 bridgehead atoms. The lowest BCUT2D eigenvalue weighted by Crippen LogP contribution is -3.27. The number of nitrogens with zero attached hydrogens (tertiary/aromatic N) is 4. The third-order valence-electron chi connectivity index (χ3n) is 6.35. The summed E-state index contributed by atoms with van der Waals surface area (Å²) >= 11 is 0. The lowest BCUT2D eigenvalue weighted by molar-refractivity contribution is -1.03. The van der Waals surface area contributed by atoms with Crippen LogP contribution in [0.25, 0.3) is 0 Å². The number of aromatic nitrogens is 4. The Kier molecular flexibility index (Phi) is 6.94. The van der Waals surface area contributed by atoms with Crippen LogP contribution in [0.1, 0.15) is 36.8 Å². The molecule has 1 saturated heterocycles. The molecule has 1 aliphatic rings. The number of quaternary nitrogens is 2. The molecule has 0 amide bonds. The van der Waals surface area contributed by atoms with Gasteiger partial charge >= 0.3 is 0 Å². The number of hydrogen-bond donors (Lipinski definition) is 2. The van der Waals surface area contributed by atoms with Crippen molar-refractivity contribution in [2.45, 2.75) is 33.0 Å². The van der Waals surface area contributed by atoms with Crippen molar-refractivity contribution in [3.05, 3.63) is 71.5 Å². The second kappa shape index (κ2) is 10.0. The maximum atomic E-state index is 5.55. The topological polar surface area (TPSA) is 61.7 Å². The Bertz CT molecular complexity index is 949. The third-order valence-corrected chi connectivity index (χ3v) is 6.35. The molecule has 7 heteroatoms. The lowest BCUT2D eigenvalue weighted by atomic mass is 10.0. The van der Waals surface area contributed by atoms with Crippen LogP contribution in [-0.4, -0.2) is 53.5 Å². The molecule has 0 spiro atoms. The molecule has 0 saturated carbocycles. The number of rotatable bonds is 8. The van der Waals surface area contributed by atoms with Crippen LogP contribution >= 0.6 is 0 Å². The van der Waals surface area contributed by atoms with Crippen LogP contribution in [0.4, 0.5) is 0 Å². The Labute approximate surface area is 184 Å². The molecule has 0 unspecified atom stereocenters. The molecule has 2 heterocycles. The van der Waals surface area contributed by atoms with Gasteiger partial charge in [-0.25, -0.2) is 4.68 Å². The molecule has 7 nitrogen and oxygen atoms in total. The van der Waals surface area contributed by atoms with E-state index in [9.17, 15) is 0 Å². The second-order valence-electron chi connectivity index (χ2n) is 8.80. The van der Waals surface area contributed by atoms with Crippen molar-refractivity contribution < 1.29 is 14.5 Å². The van der Waals surface area contributed by atoms with Gasteiger partial charge in [-0.3, -0.25) is 0 Å². The van der Waals surface area contributed by atoms with E-state index in [2.05, 4.69) is 71.8 Å². The van der Waals surface area contributed by atoms with Gasteiger partial charge in [-0.1, -0.05) is 56.3 Å². The first kappa shape index (κ1) is 21.5. The van der Waals surface area contributed by atoms with Crippen molar-refractivity contribution in [3.8, 4) is 5.75 Å². The molecule has 2 aromatic carbocycles. The normalized spacial score (nSPS) is 20.0. The minimum Gasteiger partial charge on any atom is -0.496 e. The van der Waals surface area contributed by atoms with E-state index in [0.29, 0.717) is 18.5 Å². The molecule has 1 fully saturated rings. The van der Waals surface area contributed by atoms with Gasteiger partial charge in [-0.15, -0.1) is 5.10 Å². The zero-order chi connectivity index (χ0) is 21.6. The number of hydrogen-bond acceptors (Lipinski definition) is 4. The van der Waals surface area contributed by atoms with Crippen molar-refractivity contribution in [2.75, 3.05) is 33.3 Å². The van der Waals surface area contributed by atoms with E-state index in [4.69, 9.17) is 4.74 Å². The highest BCUT2D eigenvalue weighted by Crippen LogP contribution is 2.18. The third kappa shape index (κ3) is 5.11. The van der Waals surface area contributed by atoms with Crippen LogP contribution in [0.15, 0.2) is 54.6 Å². The summed E-state index contributed by atoms with van der Waals surface area (Å²) in [7, 11) is 1.75. The lowest BCUT2D eigenvalue weighted by Gasteiger charge is -2.35. The highest BCUT2D eigenvalue weighted by Gasteiger charge is 2.36. The molecule has 1 aliphatic heterocycles. The van der Waals surface area contributed by atoms with Gasteiger partial charge in [0.05, 0.1) is 13.7 Å². The summed E-state index contributed by atoms with van der Waals surface area (Å²) in [6.45, 7) is 10.8. The number of methoxy groups -OCH3 is 1. The summed E-state index contributed by atoms with van der Waals surface area (Å²) < 4.78 is 7.53. The van der Waals surface area contributed by atoms with Crippen molar-refractivity contribution in [2.24, 2.45) is 5.92 Å². The van der Waals surface area contributed by atoms with E-state index < -0.39 is 0 Å². The van der Waals surface area contributed by atoms with Crippen molar-refractivity contribution in [3.63, 3.8) is 0 Å². The molecule has 1 atom stereocenters. The van der Waals surface area contributed by atoms with E-state index in [1.54, 1.807) is 16.9 Å². The molecule has 4 rings (SSSR count). The van der Waals surface area contributed by atoms with Crippen LogP contribution in [0.3, 0.4) is 0 Å². The van der Waals surface area contributed by atoms with Gasteiger partial charge in [0.15, 0.2) is 6.04 Å². The molecular formula is C24H34N6O+2. The van der Waals surface area contributed by atoms with Crippen molar-refractivity contribution in [1.82, 2.24) is 20.2 Å². The molecule has 0 aliphatic carbocycles. The first-order chi connectivity index (χ1) is 15.2. The average Bonchev–Trinajstić information content (AvgIpc) is 3.23. The van der Waals surface area contributed by atoms with Gasteiger partial charge < -0.3 is 14.5 Å². The number of ether oxygens (including phenoxy) is 1. The van der Waals surface area contributed by atoms with E-state index >= 15 is 0 Å². The first-order valence-electron chi connectivity index (χ1n) is 11.3. The summed E-state index contributed by atoms with van der Waals surface area (Å²) in [6.07, 6.45) is 0. The van der Waals surface area contributed by atoms with Gasteiger partial charge in [0.1, 0.15) is 38.5 Å². The van der Waals surface area contributed by atoms with Crippen LogP contribution in [0.2, 0.25) is 0 Å². The van der Waals surface area contributed by atoms with Crippen LogP contribution in [0, 0.1) is 5.92 Å². The zero-order valence-electron chi connectivity index (χ0n) is 18.8. The molecule has 3 aromatic rings. The van der Waals surface area contributed by atoms with Crippen molar-refractivity contribution in [1.29, 1.82) is 0 Å². The number of tetrazole rings is 1. The summed E-state index contributed by atoms with van der Waals surface area (Å²) in [5.74, 6) is 2.46. The molecule has 31 heavy (non-hydrogen) atoms. The summed E-state index contributed by atoms with van der Waals surface area (Å²) in [4.78, 5) is 3.20. The Morgan fingerprint density at radius 2 is 1.68 bits per heavy atom. The quantitative estimate of drug-likeness (QED) is 0.552. The maximum Gasteiger partial charge on any atom is 0.209 e. The average molecular weight is 423 g/mol. The number of piperazine rings is 1. The fourth-order valence-electron chi connectivity index (χ4n) is 4.79. The molecule has 0 radical (unpaired) electrons. The van der Waals surface area contributed by atoms with Crippen molar-refractivity contribution >= 4 is 0 Å². The predicted octanol–water partition coefficient (Wildman–Crippen LogP) is 0.411. The largest absolute Gasteiger partial charge is 0.496 e. The minimum absolute atomic E-state index is 0.298. The Morgan fingerprint density at radius 3 is 2.39 bits per heavy atom. The second-order valence-corrected chi connectivity index (χ2v) is 8.80. The van der Waals surface area contributed by atoms with Crippen LogP contribution < -0.4 is 14.5 Å². The summed E-state index contributed by atoms with van der Waals surface area (Å²) in [5, 5.41) is 12.8. The van der Waals surface area contributed by atoms with E-state index in [1.807, 2.05) is 16.8 Å². The molecule has 2 N–H and O–H groups in total. The number of benzene rings is 2. The number of nitrogens with one attached hydrogen (secondary N) is 2. The van der Waals surface area contributed by atoms with Gasteiger partial charge in [0.2, 0.25) is 5.82 Å². The summed E-state index contributed by atoms with van der Waals surface area (Å²) in [5.41, 5.74) is 2.51. The van der Waals surface area contributed by atoms with Gasteiger partial charge in [0.25, 0.3) is 0 Å². The Balaban J connectivity index is 1.43. The van der Waals surface area contributed by atoms with E-state index in [1.165, 1.54) is 11.1 Å². The van der Waals surface area contributed by atoms with Crippen LogP contribution in [-0.2, 0) is 13.1 Å². The predicted molar refractivity (Wildman–Crippen MR) is 119 cm³/mol. The van der Waals surface area contributed by atoms with E-state index in [-0.39, 0.29) is 0 Å². The molecule has 1 aromatic heterocycles. The molecular weight excluding hydrogens is 388 g/mol. The van der Waals surface area contributed by atoms with Crippen LogP contribution in [0.5, 0.6) is 5.75 Å². The van der Waals surface area contributed by atoms with Gasteiger partial charge in [-0.2, -0.15) is 0 Å². The maximum absolute atomic E-state index is 5.55. The fraction of sp³-hybridized carbons (Fsp3) is 0.458. The van der Waals surface area contributed by atoms with Gasteiger partial charge in [0, 0.05) is 11.5 Å². The SMILES string of the molecule is COc1ccccc1C[NH+]1CC[NH+]([C@@H](c2nnnn2Cc2ccccc2)C(C)C)CC1. The Hall–Kier alpha value is -2.77. The summed E-state index contributed by atoms with van der Waals surface area (Å²) in [6, 6.07) is 19.1. The highest BCUT2D eigenvalue weighted by atomic mass is 16.5. The smallest absolute Gasteiger partial charge is 0.209 e. The monoisotopic (exact) mass is 422 g/mol. The van der Waals surface area contributed by atoms with Gasteiger partial charge in [-0.05, 0) is 28.1 Å². The Morgan fingerprint density at radius 1 is 0.968 bits per heavy atom. The first-order valence-corrected chi connectivity index (χ1v) is 11.3. The van der Waals surface area contributed by atoms with E-state index in [0.717, 1.165) is 44.3 Å². The highest BCUT2D eigenvalue weighted by molar-refractivity contribution is 5.32. The fourth-order valence-corrected chi connectivity index (χ4v) is 4.79. The standard InChI is InChI=1S/C24H32N6O/c1-19(2)23(24-25-26-27-30(24)17-20-9-5-4-6-10-20)29-15-13-28(14-16-29)18-21-11-7-8-12-22(21)31-3/h4-12,19,23H,13-18H2,1-3H3/p+2/t23-/m1/s1.